The van der Waals surface area contributed by atoms with E-state index in [1.807, 2.05) is 35.1 Å². The molecule has 0 aliphatic carbocycles. The summed E-state index contributed by atoms with van der Waals surface area (Å²) in [5, 5.41) is 4.71. The third-order valence-electron chi connectivity index (χ3n) is 1.89. The summed E-state index contributed by atoms with van der Waals surface area (Å²) in [4.78, 5) is 1.09. The number of thioether (sulfide) groups is 1. The van der Waals surface area contributed by atoms with Crippen molar-refractivity contribution in [1.29, 1.82) is 0 Å². The maximum absolute atomic E-state index is 5.91. The average molecular weight is 240 g/mol. The predicted octanol–water partition coefficient (Wildman–Crippen LogP) is 2.87. The molecule has 0 aliphatic rings. The van der Waals surface area contributed by atoms with Crippen molar-refractivity contribution < 1.29 is 0 Å². The first kappa shape index (κ1) is 10.4. The van der Waals surface area contributed by atoms with Gasteiger partial charge in [-0.1, -0.05) is 11.6 Å². The van der Waals surface area contributed by atoms with Crippen LogP contribution in [-0.4, -0.2) is 9.78 Å². The molecule has 3 nitrogen and oxygen atoms in total. The number of halogens is 1. The van der Waals surface area contributed by atoms with Gasteiger partial charge in [0, 0.05) is 17.3 Å². The van der Waals surface area contributed by atoms with E-state index in [9.17, 15) is 0 Å². The average Bonchev–Trinajstić information content (AvgIpc) is 2.73. The van der Waals surface area contributed by atoms with Crippen molar-refractivity contribution in [1.82, 2.24) is 9.78 Å². The summed E-state index contributed by atoms with van der Waals surface area (Å²) in [6, 6.07) is 7.53. The Balaban J connectivity index is 2.02. The number of rotatable bonds is 3. The molecule has 0 radical (unpaired) electrons. The number of hydrogen-bond donors (Lipinski definition) is 1. The van der Waals surface area contributed by atoms with Gasteiger partial charge in [0.25, 0.3) is 0 Å². The summed E-state index contributed by atoms with van der Waals surface area (Å²) in [5.74, 6) is 0.771. The van der Waals surface area contributed by atoms with Crippen LogP contribution >= 0.6 is 23.4 Å². The van der Waals surface area contributed by atoms with Gasteiger partial charge in [-0.3, -0.25) is 4.68 Å². The zero-order chi connectivity index (χ0) is 10.7. The largest absolute Gasteiger partial charge is 0.398 e. The van der Waals surface area contributed by atoms with E-state index in [-0.39, 0.29) is 0 Å². The van der Waals surface area contributed by atoms with E-state index in [0.29, 0.717) is 10.7 Å². The van der Waals surface area contributed by atoms with Gasteiger partial charge in [-0.15, -0.1) is 11.8 Å². The number of nitrogen functional groups attached to an aromatic ring is 1. The minimum Gasteiger partial charge on any atom is -0.398 e. The Kier molecular flexibility index (Phi) is 3.18. The van der Waals surface area contributed by atoms with Crippen molar-refractivity contribution >= 4 is 29.1 Å². The highest BCUT2D eigenvalue weighted by molar-refractivity contribution is 7.98. The maximum Gasteiger partial charge on any atom is 0.0909 e. The molecule has 0 aliphatic heterocycles. The van der Waals surface area contributed by atoms with Crippen LogP contribution in [0, 0.1) is 0 Å². The van der Waals surface area contributed by atoms with Crippen LogP contribution in [-0.2, 0) is 5.88 Å². The Morgan fingerprint density at radius 2 is 2.33 bits per heavy atom. The minimum atomic E-state index is 0.598. The number of nitrogens with two attached hydrogens (primary N) is 1. The Bertz CT molecular complexity index is 442. The van der Waals surface area contributed by atoms with Crippen molar-refractivity contribution in [3.05, 3.63) is 41.7 Å². The monoisotopic (exact) mass is 239 g/mol. The second-order valence-corrected chi connectivity index (χ2v) is 4.43. The van der Waals surface area contributed by atoms with Gasteiger partial charge in [0.2, 0.25) is 0 Å². The number of benzene rings is 1. The van der Waals surface area contributed by atoms with Crippen LogP contribution in [0.4, 0.5) is 5.69 Å². The molecular weight excluding hydrogens is 230 g/mol. The molecule has 0 unspecified atom stereocenters. The fourth-order valence-corrected chi connectivity index (χ4v) is 2.16. The molecule has 5 heteroatoms. The summed E-state index contributed by atoms with van der Waals surface area (Å²) in [5.41, 5.74) is 6.23. The molecule has 2 rings (SSSR count). The summed E-state index contributed by atoms with van der Waals surface area (Å²) < 4.78 is 1.86. The smallest absolute Gasteiger partial charge is 0.0909 e. The molecule has 15 heavy (non-hydrogen) atoms. The molecule has 0 saturated heterocycles. The molecule has 0 spiro atoms. The summed E-state index contributed by atoms with van der Waals surface area (Å²) in [6.07, 6.45) is 3.68. The number of anilines is 1. The van der Waals surface area contributed by atoms with Crippen LogP contribution < -0.4 is 5.73 Å². The molecule has 0 fully saturated rings. The first-order valence-electron chi connectivity index (χ1n) is 4.41. The van der Waals surface area contributed by atoms with Gasteiger partial charge >= 0.3 is 0 Å². The van der Waals surface area contributed by atoms with Crippen molar-refractivity contribution in [2.24, 2.45) is 0 Å². The van der Waals surface area contributed by atoms with Crippen LogP contribution in [0.25, 0.3) is 0 Å². The molecule has 0 bridgehead atoms. The molecule has 1 aromatic carbocycles. The number of aromatic nitrogens is 2. The van der Waals surface area contributed by atoms with E-state index in [0.717, 1.165) is 10.8 Å². The Morgan fingerprint density at radius 1 is 1.47 bits per heavy atom. The third-order valence-corrected chi connectivity index (χ3v) is 3.20. The second-order valence-electron chi connectivity index (χ2n) is 3.00. The van der Waals surface area contributed by atoms with E-state index < -0.39 is 0 Å². The van der Waals surface area contributed by atoms with Crippen molar-refractivity contribution in [2.75, 3.05) is 5.73 Å². The van der Waals surface area contributed by atoms with E-state index in [1.54, 1.807) is 18.0 Å². The lowest BCUT2D eigenvalue weighted by Gasteiger charge is -2.03. The van der Waals surface area contributed by atoms with Crippen LogP contribution in [0.2, 0.25) is 5.02 Å². The van der Waals surface area contributed by atoms with E-state index in [4.69, 9.17) is 17.3 Å². The lowest BCUT2D eigenvalue weighted by molar-refractivity contribution is 0.751. The fraction of sp³-hybridized carbons (Fsp3) is 0.100. The molecule has 2 aromatic rings. The maximum atomic E-state index is 5.91. The summed E-state index contributed by atoms with van der Waals surface area (Å²) >= 11 is 7.58. The van der Waals surface area contributed by atoms with E-state index in [2.05, 4.69) is 5.10 Å². The Hall–Kier alpha value is -1.13. The first-order valence-corrected chi connectivity index (χ1v) is 5.77. The fourth-order valence-electron chi connectivity index (χ4n) is 1.12. The van der Waals surface area contributed by atoms with Crippen LogP contribution in [0.1, 0.15) is 0 Å². The second kappa shape index (κ2) is 4.59. The normalized spacial score (nSPS) is 10.5. The predicted molar refractivity (Wildman–Crippen MR) is 63.9 cm³/mol. The quantitative estimate of drug-likeness (QED) is 0.662. The van der Waals surface area contributed by atoms with Gasteiger partial charge in [0.1, 0.15) is 0 Å². The van der Waals surface area contributed by atoms with Crippen molar-refractivity contribution in [3.63, 3.8) is 0 Å². The highest BCUT2D eigenvalue weighted by atomic mass is 35.5. The SMILES string of the molecule is Nc1ccc(SCn2cccn2)cc1Cl. The Morgan fingerprint density at radius 3 is 3.00 bits per heavy atom. The highest BCUT2D eigenvalue weighted by Crippen LogP contribution is 2.26. The lowest BCUT2D eigenvalue weighted by atomic mass is 10.3. The van der Waals surface area contributed by atoms with Crippen LogP contribution in [0.3, 0.4) is 0 Å². The summed E-state index contributed by atoms with van der Waals surface area (Å²) in [7, 11) is 0. The first-order chi connectivity index (χ1) is 7.25. The van der Waals surface area contributed by atoms with Crippen LogP contribution in [0.15, 0.2) is 41.6 Å². The molecule has 1 aromatic heterocycles. The topological polar surface area (TPSA) is 43.8 Å². The van der Waals surface area contributed by atoms with Gasteiger partial charge in [-0.05, 0) is 24.3 Å². The zero-order valence-electron chi connectivity index (χ0n) is 7.93. The van der Waals surface area contributed by atoms with Gasteiger partial charge in [-0.2, -0.15) is 5.10 Å². The standard InChI is InChI=1S/C10H10ClN3S/c11-9-6-8(2-3-10(9)12)15-7-14-5-1-4-13-14/h1-6H,7,12H2. The van der Waals surface area contributed by atoms with Gasteiger partial charge in [0.05, 0.1) is 16.6 Å². The van der Waals surface area contributed by atoms with E-state index >= 15 is 0 Å². The zero-order valence-corrected chi connectivity index (χ0v) is 9.50. The minimum absolute atomic E-state index is 0.598. The number of hydrogen-bond acceptors (Lipinski definition) is 3. The molecular formula is C10H10ClN3S. The van der Waals surface area contributed by atoms with Gasteiger partial charge < -0.3 is 5.73 Å². The van der Waals surface area contributed by atoms with Crippen LogP contribution in [0.5, 0.6) is 0 Å². The molecule has 1 heterocycles. The van der Waals surface area contributed by atoms with E-state index in [1.165, 1.54) is 0 Å². The van der Waals surface area contributed by atoms with Crippen molar-refractivity contribution in [3.8, 4) is 0 Å². The molecule has 0 amide bonds. The van der Waals surface area contributed by atoms with Crippen molar-refractivity contribution in [2.45, 2.75) is 10.8 Å². The molecule has 0 atom stereocenters. The molecule has 78 valence electrons. The van der Waals surface area contributed by atoms with Gasteiger partial charge in [0.15, 0.2) is 0 Å². The number of nitrogens with zero attached hydrogens (tertiary/aromatic N) is 2. The van der Waals surface area contributed by atoms with Gasteiger partial charge in [-0.25, -0.2) is 0 Å². The summed E-state index contributed by atoms with van der Waals surface area (Å²) in [6.45, 7) is 0. The Labute approximate surface area is 97.2 Å². The highest BCUT2D eigenvalue weighted by Gasteiger charge is 1.99. The lowest BCUT2D eigenvalue weighted by Crippen LogP contribution is -1.94. The molecule has 2 N–H and O–H groups in total. The third kappa shape index (κ3) is 2.67. The molecule has 0 saturated carbocycles.